The van der Waals surface area contributed by atoms with Gasteiger partial charge in [-0.1, -0.05) is 11.6 Å². The SMILES string of the molecule is COC(=O)c1ccc(Cl)c(Nc2ccnc(Nc3ccc(C(C)=O)cc3)n2)c1. The second-order valence-corrected chi connectivity index (χ2v) is 6.24. The third-order valence-corrected chi connectivity index (χ3v) is 4.18. The van der Waals surface area contributed by atoms with Gasteiger partial charge in [-0.15, -0.1) is 0 Å². The number of esters is 1. The Morgan fingerprint density at radius 2 is 1.71 bits per heavy atom. The van der Waals surface area contributed by atoms with Crippen molar-refractivity contribution in [2.24, 2.45) is 0 Å². The lowest BCUT2D eigenvalue weighted by Crippen LogP contribution is -2.04. The van der Waals surface area contributed by atoms with Crippen LogP contribution in [0.1, 0.15) is 27.6 Å². The molecule has 142 valence electrons. The average Bonchev–Trinajstić information content (AvgIpc) is 2.70. The van der Waals surface area contributed by atoms with Crippen LogP contribution in [0.3, 0.4) is 0 Å². The van der Waals surface area contributed by atoms with Crippen LogP contribution < -0.4 is 10.6 Å². The maximum Gasteiger partial charge on any atom is 0.337 e. The summed E-state index contributed by atoms with van der Waals surface area (Å²) >= 11 is 6.20. The third-order valence-electron chi connectivity index (χ3n) is 3.85. The number of nitrogens with zero attached hydrogens (tertiary/aromatic N) is 2. The van der Waals surface area contributed by atoms with E-state index in [1.165, 1.54) is 14.0 Å². The molecule has 0 aliphatic heterocycles. The summed E-state index contributed by atoms with van der Waals surface area (Å²) in [5.74, 6) is 0.390. The quantitative estimate of drug-likeness (QED) is 0.464. The van der Waals surface area contributed by atoms with E-state index in [1.54, 1.807) is 54.7 Å². The molecule has 0 bridgehead atoms. The first-order valence-corrected chi connectivity index (χ1v) is 8.70. The molecule has 1 aromatic heterocycles. The molecular weight excluding hydrogens is 380 g/mol. The first-order valence-electron chi connectivity index (χ1n) is 8.32. The fourth-order valence-corrected chi connectivity index (χ4v) is 2.57. The lowest BCUT2D eigenvalue weighted by Gasteiger charge is -2.11. The van der Waals surface area contributed by atoms with E-state index in [9.17, 15) is 9.59 Å². The summed E-state index contributed by atoms with van der Waals surface area (Å²) < 4.78 is 4.72. The van der Waals surface area contributed by atoms with Gasteiger partial charge in [0.15, 0.2) is 5.78 Å². The molecule has 7 nitrogen and oxygen atoms in total. The fraction of sp³-hybridized carbons (Fsp3) is 0.100. The van der Waals surface area contributed by atoms with E-state index in [2.05, 4.69) is 20.6 Å². The molecule has 0 fully saturated rings. The smallest absolute Gasteiger partial charge is 0.337 e. The fourth-order valence-electron chi connectivity index (χ4n) is 2.41. The summed E-state index contributed by atoms with van der Waals surface area (Å²) in [7, 11) is 1.31. The summed E-state index contributed by atoms with van der Waals surface area (Å²) in [6.07, 6.45) is 1.58. The lowest BCUT2D eigenvalue weighted by atomic mass is 10.1. The van der Waals surface area contributed by atoms with Crippen LogP contribution in [0.25, 0.3) is 0 Å². The number of halogens is 1. The molecule has 0 aliphatic rings. The summed E-state index contributed by atoms with van der Waals surface area (Å²) in [6.45, 7) is 1.51. The minimum Gasteiger partial charge on any atom is -0.465 e. The van der Waals surface area contributed by atoms with Gasteiger partial charge in [0.2, 0.25) is 5.95 Å². The van der Waals surface area contributed by atoms with Gasteiger partial charge in [0.25, 0.3) is 0 Å². The van der Waals surface area contributed by atoms with Crippen molar-refractivity contribution in [2.45, 2.75) is 6.92 Å². The molecule has 0 saturated carbocycles. The van der Waals surface area contributed by atoms with Gasteiger partial charge in [0, 0.05) is 17.4 Å². The normalized spacial score (nSPS) is 10.2. The number of methoxy groups -OCH3 is 1. The van der Waals surface area contributed by atoms with Crippen molar-refractivity contribution in [3.8, 4) is 0 Å². The number of hydrogen-bond acceptors (Lipinski definition) is 7. The Morgan fingerprint density at radius 3 is 2.39 bits per heavy atom. The number of ether oxygens (including phenoxy) is 1. The van der Waals surface area contributed by atoms with Crippen LogP contribution in [0.5, 0.6) is 0 Å². The van der Waals surface area contributed by atoms with Gasteiger partial charge in [-0.05, 0) is 55.5 Å². The molecule has 2 N–H and O–H groups in total. The number of anilines is 4. The lowest BCUT2D eigenvalue weighted by molar-refractivity contribution is 0.0600. The summed E-state index contributed by atoms with van der Waals surface area (Å²) in [5, 5.41) is 6.57. The molecular formula is C20H17ClN4O3. The van der Waals surface area contributed by atoms with Crippen LogP contribution in [0.15, 0.2) is 54.7 Å². The van der Waals surface area contributed by atoms with Crippen molar-refractivity contribution >= 4 is 46.5 Å². The topological polar surface area (TPSA) is 93.2 Å². The molecule has 0 radical (unpaired) electrons. The minimum absolute atomic E-state index is 0.0000566. The van der Waals surface area contributed by atoms with E-state index < -0.39 is 5.97 Å². The number of hydrogen-bond donors (Lipinski definition) is 2. The number of rotatable bonds is 6. The van der Waals surface area contributed by atoms with Crippen LogP contribution in [0.4, 0.5) is 23.1 Å². The highest BCUT2D eigenvalue weighted by molar-refractivity contribution is 6.33. The third kappa shape index (κ3) is 4.63. The van der Waals surface area contributed by atoms with Crippen molar-refractivity contribution in [1.82, 2.24) is 9.97 Å². The zero-order valence-corrected chi connectivity index (χ0v) is 15.9. The van der Waals surface area contributed by atoms with Gasteiger partial charge in [-0.2, -0.15) is 4.98 Å². The van der Waals surface area contributed by atoms with Crippen LogP contribution >= 0.6 is 11.6 Å². The Labute approximate surface area is 166 Å². The van der Waals surface area contributed by atoms with Gasteiger partial charge in [0.05, 0.1) is 23.4 Å². The van der Waals surface area contributed by atoms with Crippen molar-refractivity contribution in [2.75, 3.05) is 17.7 Å². The maximum atomic E-state index is 11.7. The maximum absolute atomic E-state index is 11.7. The molecule has 0 amide bonds. The van der Waals surface area contributed by atoms with Crippen LogP contribution in [-0.2, 0) is 4.74 Å². The van der Waals surface area contributed by atoms with Gasteiger partial charge in [-0.3, -0.25) is 4.79 Å². The monoisotopic (exact) mass is 396 g/mol. The van der Waals surface area contributed by atoms with Gasteiger partial charge in [-0.25, -0.2) is 9.78 Å². The van der Waals surface area contributed by atoms with Crippen LogP contribution in [-0.4, -0.2) is 28.8 Å². The zero-order chi connectivity index (χ0) is 20.1. The summed E-state index contributed by atoms with van der Waals surface area (Å²) in [6, 6.07) is 13.4. The number of carbonyl (C=O) groups is 2. The van der Waals surface area contributed by atoms with Gasteiger partial charge in [0.1, 0.15) is 5.82 Å². The highest BCUT2D eigenvalue weighted by Crippen LogP contribution is 2.26. The number of aromatic nitrogens is 2. The van der Waals surface area contributed by atoms with E-state index >= 15 is 0 Å². The molecule has 0 unspecified atom stereocenters. The molecule has 3 aromatic rings. The van der Waals surface area contributed by atoms with Gasteiger partial charge < -0.3 is 15.4 Å². The first kappa shape index (κ1) is 19.3. The molecule has 28 heavy (non-hydrogen) atoms. The largest absolute Gasteiger partial charge is 0.465 e. The van der Waals surface area contributed by atoms with Crippen molar-refractivity contribution in [3.63, 3.8) is 0 Å². The summed E-state index contributed by atoms with van der Waals surface area (Å²) in [5.41, 5.74) is 2.25. The molecule has 0 aliphatic carbocycles. The molecule has 0 spiro atoms. The standard InChI is InChI=1S/C20H17ClN4O3/c1-12(26)13-3-6-15(7-4-13)23-20-22-10-9-18(25-20)24-17-11-14(19(27)28-2)5-8-16(17)21/h3-11H,1-2H3,(H2,22,23,24,25). The predicted octanol–water partition coefficient (Wildman–Crippen LogP) is 4.61. The molecule has 2 aromatic carbocycles. The molecule has 0 atom stereocenters. The number of nitrogens with one attached hydrogen (secondary N) is 2. The van der Waals surface area contributed by atoms with E-state index in [-0.39, 0.29) is 5.78 Å². The molecule has 3 rings (SSSR count). The van der Waals surface area contributed by atoms with Crippen molar-refractivity contribution < 1.29 is 14.3 Å². The second-order valence-electron chi connectivity index (χ2n) is 5.84. The highest BCUT2D eigenvalue weighted by Gasteiger charge is 2.10. The van der Waals surface area contributed by atoms with E-state index in [1.807, 2.05) is 0 Å². The molecule has 0 saturated heterocycles. The van der Waals surface area contributed by atoms with Crippen LogP contribution in [0, 0.1) is 0 Å². The number of ketones is 1. The number of carbonyl (C=O) groups excluding carboxylic acids is 2. The average molecular weight is 397 g/mol. The summed E-state index contributed by atoms with van der Waals surface area (Å²) in [4.78, 5) is 31.6. The Morgan fingerprint density at radius 1 is 1.00 bits per heavy atom. The van der Waals surface area contributed by atoms with Crippen molar-refractivity contribution in [1.29, 1.82) is 0 Å². The highest BCUT2D eigenvalue weighted by atomic mass is 35.5. The van der Waals surface area contributed by atoms with Crippen molar-refractivity contribution in [3.05, 3.63) is 70.9 Å². The second kappa shape index (κ2) is 8.49. The minimum atomic E-state index is -0.459. The van der Waals surface area contributed by atoms with E-state index in [0.717, 1.165) is 5.69 Å². The Balaban J connectivity index is 1.78. The first-order chi connectivity index (χ1) is 13.5. The van der Waals surface area contributed by atoms with Crippen LogP contribution in [0.2, 0.25) is 5.02 Å². The predicted molar refractivity (Wildman–Crippen MR) is 108 cm³/mol. The number of benzene rings is 2. The van der Waals surface area contributed by atoms with Gasteiger partial charge >= 0.3 is 5.97 Å². The molecule has 8 heteroatoms. The Bertz CT molecular complexity index is 1020. The number of Topliss-reactive ketones (excluding diaryl/α,β-unsaturated/α-hetero) is 1. The molecule has 1 heterocycles. The Hall–Kier alpha value is -3.45. The Kier molecular flexibility index (Phi) is 5.86. The zero-order valence-electron chi connectivity index (χ0n) is 15.2. The van der Waals surface area contributed by atoms with E-state index in [4.69, 9.17) is 16.3 Å². The van der Waals surface area contributed by atoms with E-state index in [0.29, 0.717) is 33.6 Å².